The van der Waals surface area contributed by atoms with E-state index in [9.17, 15) is 8.42 Å². The Morgan fingerprint density at radius 1 is 1.16 bits per heavy atom. The third kappa shape index (κ3) is 3.18. The van der Waals surface area contributed by atoms with Crippen molar-refractivity contribution in [2.75, 3.05) is 0 Å². The Balaban J connectivity index is 2.10. The second kappa shape index (κ2) is 5.25. The summed E-state index contributed by atoms with van der Waals surface area (Å²) in [6.45, 7) is 7.64. The molecule has 3 atom stereocenters. The van der Waals surface area contributed by atoms with Crippen LogP contribution in [-0.2, 0) is 14.6 Å². The Bertz CT molecular complexity index is 531. The van der Waals surface area contributed by atoms with E-state index in [0.717, 1.165) is 6.42 Å². The Kier molecular flexibility index (Phi) is 4.02. The number of benzene rings is 1. The lowest BCUT2D eigenvalue weighted by molar-refractivity contribution is 0.362. The predicted octanol–water partition coefficient (Wildman–Crippen LogP) is 3.15. The molecule has 1 heterocycles. The molecule has 3 unspecified atom stereocenters. The van der Waals surface area contributed by atoms with E-state index in [1.165, 1.54) is 5.56 Å². The second-order valence-corrected chi connectivity index (χ2v) is 8.18. The van der Waals surface area contributed by atoms with Crippen LogP contribution in [0.1, 0.15) is 45.6 Å². The van der Waals surface area contributed by atoms with E-state index in [1.807, 2.05) is 12.1 Å². The van der Waals surface area contributed by atoms with Crippen LogP contribution in [0.3, 0.4) is 0 Å². The van der Waals surface area contributed by atoms with Crippen molar-refractivity contribution in [2.45, 2.75) is 62.4 Å². The van der Waals surface area contributed by atoms with Gasteiger partial charge in [-0.05, 0) is 50.8 Å². The van der Waals surface area contributed by atoms with Gasteiger partial charge in [0.1, 0.15) is 0 Å². The first-order chi connectivity index (χ1) is 8.82. The van der Waals surface area contributed by atoms with Crippen LogP contribution in [0.5, 0.6) is 0 Å². The molecule has 1 aromatic rings. The van der Waals surface area contributed by atoms with Gasteiger partial charge in [-0.1, -0.05) is 19.1 Å². The molecule has 0 radical (unpaired) electrons. The SMILES string of the molecule is CC(CC1OC1C)c1ccc(S(=O)(=O)C(C)C)cc1. The minimum Gasteiger partial charge on any atom is -0.370 e. The lowest BCUT2D eigenvalue weighted by atomic mass is 9.96. The summed E-state index contributed by atoms with van der Waals surface area (Å²) in [5.74, 6) is 0.394. The molecule has 1 fully saturated rings. The molecule has 3 nitrogen and oxygen atoms in total. The highest BCUT2D eigenvalue weighted by Gasteiger charge is 2.35. The maximum absolute atomic E-state index is 12.0. The number of sulfone groups is 1. The highest BCUT2D eigenvalue weighted by molar-refractivity contribution is 7.92. The number of hydrogen-bond donors (Lipinski definition) is 0. The molecule has 0 aromatic heterocycles. The normalized spacial score (nSPS) is 24.5. The molecule has 106 valence electrons. The number of ether oxygens (including phenoxy) is 1. The van der Waals surface area contributed by atoms with Crippen molar-refractivity contribution in [1.82, 2.24) is 0 Å². The maximum atomic E-state index is 12.0. The molecule has 1 aliphatic heterocycles. The minimum atomic E-state index is -3.16. The molecular formula is C15H22O3S. The van der Waals surface area contributed by atoms with E-state index < -0.39 is 9.84 Å². The number of epoxide rings is 1. The Hall–Kier alpha value is -0.870. The van der Waals surface area contributed by atoms with Crippen molar-refractivity contribution in [1.29, 1.82) is 0 Å². The molecule has 1 aromatic carbocycles. The van der Waals surface area contributed by atoms with Gasteiger partial charge in [0.2, 0.25) is 0 Å². The molecule has 0 aliphatic carbocycles. The van der Waals surface area contributed by atoms with Crippen molar-refractivity contribution < 1.29 is 13.2 Å². The number of hydrogen-bond acceptors (Lipinski definition) is 3. The van der Waals surface area contributed by atoms with E-state index >= 15 is 0 Å². The third-order valence-corrected chi connectivity index (χ3v) is 5.99. The van der Waals surface area contributed by atoms with Gasteiger partial charge in [-0.3, -0.25) is 0 Å². The first-order valence-corrected chi connectivity index (χ1v) is 8.36. The van der Waals surface area contributed by atoms with Gasteiger partial charge in [0.25, 0.3) is 0 Å². The van der Waals surface area contributed by atoms with Gasteiger partial charge in [-0.15, -0.1) is 0 Å². The summed E-state index contributed by atoms with van der Waals surface area (Å²) >= 11 is 0. The largest absolute Gasteiger partial charge is 0.370 e. The molecule has 0 saturated carbocycles. The lowest BCUT2D eigenvalue weighted by Gasteiger charge is -2.12. The highest BCUT2D eigenvalue weighted by Crippen LogP contribution is 2.32. The van der Waals surface area contributed by atoms with E-state index in [4.69, 9.17) is 4.74 Å². The second-order valence-electron chi connectivity index (χ2n) is 5.68. The lowest BCUT2D eigenvalue weighted by Crippen LogP contribution is -2.14. The molecule has 1 saturated heterocycles. The molecule has 0 bridgehead atoms. The van der Waals surface area contributed by atoms with E-state index in [0.29, 0.717) is 23.0 Å². The van der Waals surface area contributed by atoms with Crippen LogP contribution in [0.4, 0.5) is 0 Å². The average molecular weight is 282 g/mol. The summed E-state index contributed by atoms with van der Waals surface area (Å²) in [5, 5.41) is -0.378. The summed E-state index contributed by atoms with van der Waals surface area (Å²) in [6.07, 6.45) is 1.74. The summed E-state index contributed by atoms with van der Waals surface area (Å²) in [6, 6.07) is 7.29. The Morgan fingerprint density at radius 3 is 2.11 bits per heavy atom. The van der Waals surface area contributed by atoms with Crippen LogP contribution >= 0.6 is 0 Å². The zero-order valence-electron chi connectivity index (χ0n) is 12.0. The topological polar surface area (TPSA) is 46.7 Å². The van der Waals surface area contributed by atoms with Crippen molar-refractivity contribution in [3.05, 3.63) is 29.8 Å². The zero-order valence-corrected chi connectivity index (χ0v) is 12.8. The highest BCUT2D eigenvalue weighted by atomic mass is 32.2. The summed E-state index contributed by atoms with van der Waals surface area (Å²) in [4.78, 5) is 0.412. The van der Waals surface area contributed by atoms with E-state index in [-0.39, 0.29) is 5.25 Å². The first kappa shape index (κ1) is 14.5. The molecule has 0 N–H and O–H groups in total. The van der Waals surface area contributed by atoms with Crippen LogP contribution in [0.2, 0.25) is 0 Å². The van der Waals surface area contributed by atoms with Crippen molar-refractivity contribution in [2.24, 2.45) is 0 Å². The Morgan fingerprint density at radius 2 is 1.68 bits per heavy atom. The average Bonchev–Trinajstić information content (AvgIpc) is 3.04. The van der Waals surface area contributed by atoms with E-state index in [2.05, 4.69) is 13.8 Å². The fourth-order valence-corrected chi connectivity index (χ4v) is 3.28. The van der Waals surface area contributed by atoms with Crippen LogP contribution < -0.4 is 0 Å². The molecule has 1 aliphatic rings. The van der Waals surface area contributed by atoms with Gasteiger partial charge in [0.05, 0.1) is 22.4 Å². The van der Waals surface area contributed by atoms with E-state index in [1.54, 1.807) is 26.0 Å². The predicted molar refractivity (Wildman–Crippen MR) is 76.1 cm³/mol. The molecule has 0 amide bonds. The van der Waals surface area contributed by atoms with Gasteiger partial charge in [0.15, 0.2) is 9.84 Å². The zero-order chi connectivity index (χ0) is 14.2. The van der Waals surface area contributed by atoms with Crippen LogP contribution in [0.15, 0.2) is 29.2 Å². The van der Waals surface area contributed by atoms with Gasteiger partial charge < -0.3 is 4.74 Å². The quantitative estimate of drug-likeness (QED) is 0.779. The molecule has 4 heteroatoms. The fourth-order valence-electron chi connectivity index (χ4n) is 2.22. The van der Waals surface area contributed by atoms with Gasteiger partial charge in [-0.25, -0.2) is 8.42 Å². The van der Waals surface area contributed by atoms with Gasteiger partial charge >= 0.3 is 0 Å². The van der Waals surface area contributed by atoms with Crippen molar-refractivity contribution in [3.63, 3.8) is 0 Å². The smallest absolute Gasteiger partial charge is 0.180 e. The Labute approximate surface area is 115 Å². The molecule has 0 spiro atoms. The summed E-state index contributed by atoms with van der Waals surface area (Å²) in [7, 11) is -3.16. The van der Waals surface area contributed by atoms with Crippen LogP contribution in [0, 0.1) is 0 Å². The summed E-state index contributed by atoms with van der Waals surface area (Å²) in [5.41, 5.74) is 1.17. The van der Waals surface area contributed by atoms with Crippen LogP contribution in [-0.4, -0.2) is 25.9 Å². The minimum absolute atomic E-state index is 0.370. The summed E-state index contributed by atoms with van der Waals surface area (Å²) < 4.78 is 29.5. The van der Waals surface area contributed by atoms with Crippen LogP contribution in [0.25, 0.3) is 0 Å². The number of rotatable bonds is 5. The molecule has 2 rings (SSSR count). The van der Waals surface area contributed by atoms with Gasteiger partial charge in [0, 0.05) is 0 Å². The van der Waals surface area contributed by atoms with Crippen molar-refractivity contribution >= 4 is 9.84 Å². The fraction of sp³-hybridized carbons (Fsp3) is 0.600. The molecule has 19 heavy (non-hydrogen) atoms. The molecular weight excluding hydrogens is 260 g/mol. The first-order valence-electron chi connectivity index (χ1n) is 6.81. The monoisotopic (exact) mass is 282 g/mol. The third-order valence-electron chi connectivity index (χ3n) is 3.82. The van der Waals surface area contributed by atoms with Crippen molar-refractivity contribution in [3.8, 4) is 0 Å². The standard InChI is InChI=1S/C15H22O3S/c1-10(2)19(16,17)14-7-5-13(6-8-14)11(3)9-15-12(4)18-15/h5-8,10-12,15H,9H2,1-4H3. The van der Waals surface area contributed by atoms with Gasteiger partial charge in [-0.2, -0.15) is 0 Å². The maximum Gasteiger partial charge on any atom is 0.180 e.